The summed E-state index contributed by atoms with van der Waals surface area (Å²) in [4.78, 5) is 34.0. The van der Waals surface area contributed by atoms with E-state index in [0.717, 1.165) is 30.5 Å². The van der Waals surface area contributed by atoms with Crippen LogP contribution in [-0.2, 0) is 4.79 Å². The third kappa shape index (κ3) is 3.16. The zero-order valence-electron chi connectivity index (χ0n) is 17.1. The van der Waals surface area contributed by atoms with E-state index in [-0.39, 0.29) is 24.5 Å². The number of para-hydroxylation sites is 1. The lowest BCUT2D eigenvalue weighted by Crippen LogP contribution is -2.54. The number of carbonyl (C=O) groups is 2. The van der Waals surface area contributed by atoms with E-state index in [2.05, 4.69) is 22.3 Å². The van der Waals surface area contributed by atoms with Crippen molar-refractivity contribution in [2.75, 3.05) is 24.5 Å². The second-order valence-electron chi connectivity index (χ2n) is 8.29. The number of hydrogen-bond acceptors (Lipinski definition) is 4. The summed E-state index contributed by atoms with van der Waals surface area (Å²) >= 11 is 0. The number of carbonyl (C=O) groups excluding carboxylic acids is 2. The molecule has 8 heteroatoms. The number of amides is 3. The standard InChI is InChI=1S/C22H26N6O2/c1-15-7-5-6-10-18(15)25-19(29)14-27-21-17(20-23-11-12-26(20)22(27)30)13-24-28(21)16-8-3-2-4-9-16/h2-4,8-9,13,15,18H,5-7,10-12,14H2,1H3,(H,25,29)/t15-,18+/m0/s1. The second kappa shape index (κ2) is 7.59. The van der Waals surface area contributed by atoms with Gasteiger partial charge in [-0.1, -0.05) is 38.0 Å². The molecule has 1 fully saturated rings. The lowest BCUT2D eigenvalue weighted by atomic mass is 9.86. The van der Waals surface area contributed by atoms with Gasteiger partial charge in [0.05, 0.1) is 24.0 Å². The molecule has 1 aliphatic carbocycles. The number of fused-ring (bicyclic) bond motifs is 3. The Balaban J connectivity index is 1.47. The van der Waals surface area contributed by atoms with Crippen LogP contribution in [0.1, 0.15) is 38.2 Å². The Morgan fingerprint density at radius 1 is 1.20 bits per heavy atom. The first-order valence-electron chi connectivity index (χ1n) is 10.7. The van der Waals surface area contributed by atoms with Crippen LogP contribution in [0.2, 0.25) is 0 Å². The zero-order chi connectivity index (χ0) is 20.7. The number of nitrogens with one attached hydrogen (secondary N) is 1. The number of amidine groups is 1. The van der Waals surface area contributed by atoms with Gasteiger partial charge in [-0.05, 0) is 30.9 Å². The first-order chi connectivity index (χ1) is 14.6. The molecule has 0 spiro atoms. The van der Waals surface area contributed by atoms with Crippen molar-refractivity contribution in [2.24, 2.45) is 10.9 Å². The van der Waals surface area contributed by atoms with Crippen molar-refractivity contribution in [3.63, 3.8) is 0 Å². The molecule has 1 aromatic carbocycles. The van der Waals surface area contributed by atoms with Gasteiger partial charge in [0, 0.05) is 12.6 Å². The molecule has 2 aliphatic heterocycles. The third-order valence-corrected chi connectivity index (χ3v) is 6.30. The molecule has 3 aliphatic rings. The molecule has 1 saturated carbocycles. The van der Waals surface area contributed by atoms with Crippen LogP contribution in [-0.4, -0.2) is 58.1 Å². The van der Waals surface area contributed by atoms with Crippen LogP contribution in [0.4, 0.5) is 10.6 Å². The van der Waals surface area contributed by atoms with E-state index in [0.29, 0.717) is 30.7 Å². The highest BCUT2D eigenvalue weighted by atomic mass is 16.2. The summed E-state index contributed by atoms with van der Waals surface area (Å²) in [5.41, 5.74) is 1.62. The molecule has 30 heavy (non-hydrogen) atoms. The molecule has 1 N–H and O–H groups in total. The minimum absolute atomic E-state index is 0.0304. The second-order valence-corrected chi connectivity index (χ2v) is 8.29. The molecule has 2 atom stereocenters. The summed E-state index contributed by atoms with van der Waals surface area (Å²) < 4.78 is 1.72. The molecule has 0 unspecified atom stereocenters. The van der Waals surface area contributed by atoms with E-state index in [1.165, 1.54) is 6.42 Å². The predicted molar refractivity (Wildman–Crippen MR) is 114 cm³/mol. The fourth-order valence-electron chi connectivity index (χ4n) is 4.69. The number of aliphatic imine (C=N–C) groups is 1. The first kappa shape index (κ1) is 18.8. The summed E-state index contributed by atoms with van der Waals surface area (Å²) in [6, 6.07) is 9.61. The van der Waals surface area contributed by atoms with Gasteiger partial charge in [-0.25, -0.2) is 9.48 Å². The van der Waals surface area contributed by atoms with Gasteiger partial charge in [0.25, 0.3) is 0 Å². The topological polar surface area (TPSA) is 82.8 Å². The predicted octanol–water partition coefficient (Wildman–Crippen LogP) is 2.57. The van der Waals surface area contributed by atoms with Gasteiger partial charge in [-0.15, -0.1) is 0 Å². The van der Waals surface area contributed by atoms with E-state index in [9.17, 15) is 9.59 Å². The quantitative estimate of drug-likeness (QED) is 0.847. The van der Waals surface area contributed by atoms with Crippen LogP contribution < -0.4 is 10.2 Å². The zero-order valence-corrected chi connectivity index (χ0v) is 17.1. The first-order valence-corrected chi connectivity index (χ1v) is 10.7. The van der Waals surface area contributed by atoms with Crippen molar-refractivity contribution in [1.82, 2.24) is 20.0 Å². The number of benzene rings is 1. The van der Waals surface area contributed by atoms with Gasteiger partial charge in [-0.2, -0.15) is 5.10 Å². The van der Waals surface area contributed by atoms with Gasteiger partial charge in [-0.3, -0.25) is 19.6 Å². The van der Waals surface area contributed by atoms with Crippen LogP contribution in [0.3, 0.4) is 0 Å². The van der Waals surface area contributed by atoms with Crippen molar-refractivity contribution >= 4 is 23.6 Å². The summed E-state index contributed by atoms with van der Waals surface area (Å²) in [5, 5.41) is 7.70. The number of aromatic nitrogens is 2. The molecule has 3 amide bonds. The molecule has 8 nitrogen and oxygen atoms in total. The molecule has 0 radical (unpaired) electrons. The summed E-state index contributed by atoms with van der Waals surface area (Å²) in [6.07, 6.45) is 6.22. The Labute approximate surface area is 175 Å². The van der Waals surface area contributed by atoms with E-state index in [1.807, 2.05) is 30.3 Å². The lowest BCUT2D eigenvalue weighted by molar-refractivity contribution is -0.121. The average Bonchev–Trinajstić information content (AvgIpc) is 3.41. The number of anilines is 1. The van der Waals surface area contributed by atoms with E-state index in [1.54, 1.807) is 20.7 Å². The van der Waals surface area contributed by atoms with Crippen molar-refractivity contribution in [3.8, 4) is 5.69 Å². The highest BCUT2D eigenvalue weighted by Gasteiger charge is 2.41. The van der Waals surface area contributed by atoms with Gasteiger partial charge in [0.1, 0.15) is 12.4 Å². The Bertz CT molecular complexity index is 998. The minimum Gasteiger partial charge on any atom is -0.352 e. The maximum absolute atomic E-state index is 13.3. The maximum Gasteiger partial charge on any atom is 0.331 e. The molecule has 3 heterocycles. The molecule has 2 aromatic rings. The minimum atomic E-state index is -0.219. The number of hydrogen-bond donors (Lipinski definition) is 1. The van der Waals surface area contributed by atoms with Crippen LogP contribution in [0.5, 0.6) is 0 Å². The fourth-order valence-corrected chi connectivity index (χ4v) is 4.69. The monoisotopic (exact) mass is 406 g/mol. The van der Waals surface area contributed by atoms with Crippen molar-refractivity contribution in [1.29, 1.82) is 0 Å². The van der Waals surface area contributed by atoms with Gasteiger partial charge >= 0.3 is 6.03 Å². The van der Waals surface area contributed by atoms with Crippen LogP contribution in [0, 0.1) is 5.92 Å². The van der Waals surface area contributed by atoms with E-state index in [4.69, 9.17) is 0 Å². The van der Waals surface area contributed by atoms with E-state index < -0.39 is 0 Å². The smallest absolute Gasteiger partial charge is 0.331 e. The normalized spacial score (nSPS) is 23.1. The maximum atomic E-state index is 13.3. The van der Waals surface area contributed by atoms with Gasteiger partial charge in [0.15, 0.2) is 5.82 Å². The molecule has 0 bridgehead atoms. The highest BCUT2D eigenvalue weighted by molar-refractivity contribution is 6.20. The molecule has 5 rings (SSSR count). The van der Waals surface area contributed by atoms with Crippen LogP contribution in [0.25, 0.3) is 5.69 Å². The van der Waals surface area contributed by atoms with Crippen LogP contribution in [0.15, 0.2) is 41.5 Å². The molecular formula is C22H26N6O2. The molecular weight excluding hydrogens is 380 g/mol. The molecule has 1 aromatic heterocycles. The molecule has 0 saturated heterocycles. The highest BCUT2D eigenvalue weighted by Crippen LogP contribution is 2.33. The SMILES string of the molecule is C[C@H]1CCCC[C@H]1NC(=O)CN1C(=O)N2CCN=C2c2cnn(-c3ccccc3)c21. The van der Waals surface area contributed by atoms with Gasteiger partial charge < -0.3 is 5.32 Å². The lowest BCUT2D eigenvalue weighted by Gasteiger charge is -2.35. The van der Waals surface area contributed by atoms with Crippen LogP contribution >= 0.6 is 0 Å². The van der Waals surface area contributed by atoms with Crippen molar-refractivity contribution in [3.05, 3.63) is 42.1 Å². The summed E-state index contributed by atoms with van der Waals surface area (Å²) in [6.45, 7) is 3.25. The average molecular weight is 406 g/mol. The fraction of sp³-hybridized carbons (Fsp3) is 0.455. The third-order valence-electron chi connectivity index (χ3n) is 6.30. The Morgan fingerprint density at radius 2 is 2.00 bits per heavy atom. The van der Waals surface area contributed by atoms with Crippen molar-refractivity contribution in [2.45, 2.75) is 38.6 Å². The number of urea groups is 1. The Hall–Kier alpha value is -3.16. The van der Waals surface area contributed by atoms with E-state index >= 15 is 0 Å². The Morgan fingerprint density at radius 3 is 2.80 bits per heavy atom. The van der Waals surface area contributed by atoms with Crippen molar-refractivity contribution < 1.29 is 9.59 Å². The molecule has 156 valence electrons. The number of rotatable bonds is 4. The van der Waals surface area contributed by atoms with Gasteiger partial charge in [0.2, 0.25) is 5.91 Å². The Kier molecular flexibility index (Phi) is 4.77. The number of nitrogens with zero attached hydrogens (tertiary/aromatic N) is 5. The largest absolute Gasteiger partial charge is 0.352 e. The summed E-state index contributed by atoms with van der Waals surface area (Å²) in [7, 11) is 0. The summed E-state index contributed by atoms with van der Waals surface area (Å²) in [5.74, 6) is 1.58.